The second kappa shape index (κ2) is 9.05. The van der Waals surface area contributed by atoms with Crippen molar-refractivity contribution in [3.8, 4) is 0 Å². The van der Waals surface area contributed by atoms with Gasteiger partial charge in [-0.05, 0) is 57.3 Å². The van der Waals surface area contributed by atoms with E-state index in [1.807, 2.05) is 48.6 Å². The average molecular weight is 512 g/mol. The molecule has 2 nitrogen and oxygen atoms in total. The van der Waals surface area contributed by atoms with Crippen molar-refractivity contribution < 1.29 is 26.6 Å². The van der Waals surface area contributed by atoms with Crippen LogP contribution in [0.5, 0.6) is 0 Å². The summed E-state index contributed by atoms with van der Waals surface area (Å²) in [7, 11) is 0. The summed E-state index contributed by atoms with van der Waals surface area (Å²) in [6.07, 6.45) is 7.33. The Labute approximate surface area is 184 Å². The number of fused-ring (bicyclic) bond motifs is 1. The molecule has 0 radical (unpaired) electrons. The molecular weight excluding hydrogens is 491 g/mol. The van der Waals surface area contributed by atoms with E-state index in [1.54, 1.807) is 12.2 Å². The maximum Gasteiger partial charge on any atom is 2.00 e. The zero-order valence-electron chi connectivity index (χ0n) is 15.5. The third-order valence-corrected chi connectivity index (χ3v) is 4.94. The zero-order chi connectivity index (χ0) is 18.7. The first-order valence-electron chi connectivity index (χ1n) is 8.53. The molecule has 0 aliphatic heterocycles. The van der Waals surface area contributed by atoms with Crippen molar-refractivity contribution in [1.82, 2.24) is 0 Å². The van der Waals surface area contributed by atoms with Crippen LogP contribution in [0.15, 0.2) is 82.8 Å². The molecule has 4 heteroatoms. The van der Waals surface area contributed by atoms with Gasteiger partial charge in [0.15, 0.2) is 0 Å². The summed E-state index contributed by atoms with van der Waals surface area (Å²) >= 11 is 2.27. The van der Waals surface area contributed by atoms with E-state index in [0.29, 0.717) is 11.3 Å². The predicted octanol–water partition coefficient (Wildman–Crippen LogP) is 5.94. The van der Waals surface area contributed by atoms with E-state index in [9.17, 15) is 5.11 Å². The third-order valence-electron chi connectivity index (χ3n) is 4.14. The van der Waals surface area contributed by atoms with Gasteiger partial charge in [-0.25, -0.2) is 12.1 Å². The van der Waals surface area contributed by atoms with Crippen molar-refractivity contribution in [2.45, 2.75) is 26.2 Å². The number of benzene rings is 1. The van der Waals surface area contributed by atoms with Gasteiger partial charge in [0.1, 0.15) is 11.3 Å². The van der Waals surface area contributed by atoms with Crippen LogP contribution < -0.4 is 5.11 Å². The van der Waals surface area contributed by atoms with Gasteiger partial charge in [0.05, 0.1) is 3.57 Å². The van der Waals surface area contributed by atoms with Gasteiger partial charge in [-0.1, -0.05) is 50.8 Å². The molecule has 0 bridgehead atoms. The molecular formula is C23H21FeIO2. The number of furan rings is 1. The van der Waals surface area contributed by atoms with Crippen molar-refractivity contribution in [1.29, 1.82) is 0 Å². The standard InChI is InChI=1S/C18H17IO2.C5H5.Fe/c1-18(2,3)13-8-12-9-15(21-17(12)14(19)10-13)16(20)11-6-4-5-7-11;1-2-4-5-3-1;/h4-10,20H,1-3H3;1-5H;/q;-1;+2/p-1. The molecule has 0 saturated heterocycles. The third kappa shape index (κ3) is 5.22. The second-order valence-electron chi connectivity index (χ2n) is 7.20. The molecule has 3 aromatic rings. The van der Waals surface area contributed by atoms with Crippen molar-refractivity contribution >= 4 is 39.3 Å². The normalized spacial score (nSPS) is 12.7. The Bertz CT molecular complexity index is 952. The molecule has 1 aliphatic rings. The molecule has 0 atom stereocenters. The van der Waals surface area contributed by atoms with Gasteiger partial charge in [-0.15, -0.1) is 0 Å². The molecule has 1 heterocycles. The van der Waals surface area contributed by atoms with Crippen LogP contribution in [0.4, 0.5) is 0 Å². The van der Waals surface area contributed by atoms with Crippen LogP contribution in [0.2, 0.25) is 0 Å². The van der Waals surface area contributed by atoms with E-state index in [0.717, 1.165) is 14.5 Å². The Kier molecular flexibility index (Phi) is 7.26. The number of allylic oxidation sites excluding steroid dienone is 5. The minimum atomic E-state index is -0.0655. The summed E-state index contributed by atoms with van der Waals surface area (Å²) in [6, 6.07) is 16.1. The minimum Gasteiger partial charge on any atom is -0.870 e. The molecule has 1 aromatic heterocycles. The number of hydrogen-bond acceptors (Lipinski definition) is 2. The zero-order valence-corrected chi connectivity index (χ0v) is 18.7. The molecule has 0 amide bonds. The van der Waals surface area contributed by atoms with Crippen LogP contribution in [0.25, 0.3) is 16.7 Å². The molecule has 0 unspecified atom stereocenters. The molecule has 140 valence electrons. The number of halogens is 1. The summed E-state index contributed by atoms with van der Waals surface area (Å²) in [4.78, 5) is 0. The molecule has 4 rings (SSSR count). The topological polar surface area (TPSA) is 36.2 Å². The van der Waals surface area contributed by atoms with E-state index in [2.05, 4.69) is 55.5 Å². The maximum absolute atomic E-state index is 12.4. The van der Waals surface area contributed by atoms with Gasteiger partial charge in [-0.2, -0.15) is 18.2 Å². The van der Waals surface area contributed by atoms with Crippen LogP contribution in [-0.2, 0) is 22.5 Å². The van der Waals surface area contributed by atoms with Crippen molar-refractivity contribution in [3.05, 3.63) is 93.3 Å². The SMILES string of the molecule is CC(C)(C)c1cc(I)c2oc(C([O-])=C3C=CC=C3)cc2c1.[Fe+2].c1cc[cH-]c1. The first-order chi connectivity index (χ1) is 12.4. The van der Waals surface area contributed by atoms with Gasteiger partial charge in [0, 0.05) is 5.39 Å². The van der Waals surface area contributed by atoms with E-state index in [4.69, 9.17) is 4.42 Å². The Balaban J connectivity index is 0.000000379. The molecule has 0 saturated carbocycles. The molecule has 0 spiro atoms. The van der Waals surface area contributed by atoms with Crippen LogP contribution in [0, 0.1) is 3.57 Å². The summed E-state index contributed by atoms with van der Waals surface area (Å²) in [5, 5.41) is 13.4. The minimum absolute atomic E-state index is 0. The quantitative estimate of drug-likeness (QED) is 0.175. The summed E-state index contributed by atoms with van der Waals surface area (Å²) in [5.74, 6) is 0.337. The summed E-state index contributed by atoms with van der Waals surface area (Å²) < 4.78 is 6.83. The van der Waals surface area contributed by atoms with Gasteiger partial charge in [-0.3, -0.25) is 0 Å². The van der Waals surface area contributed by atoms with Gasteiger partial charge in [0.2, 0.25) is 0 Å². The largest absolute Gasteiger partial charge is 2.00 e. The van der Waals surface area contributed by atoms with E-state index in [-0.39, 0.29) is 28.2 Å². The summed E-state index contributed by atoms with van der Waals surface area (Å²) in [5.41, 5.74) is 2.77. The van der Waals surface area contributed by atoms with Crippen molar-refractivity contribution in [2.24, 2.45) is 0 Å². The van der Waals surface area contributed by atoms with Crippen LogP contribution in [0.3, 0.4) is 0 Å². The molecule has 0 N–H and O–H groups in total. The maximum atomic E-state index is 12.4. The van der Waals surface area contributed by atoms with Crippen molar-refractivity contribution in [3.63, 3.8) is 0 Å². The van der Waals surface area contributed by atoms with E-state index < -0.39 is 0 Å². The first kappa shape index (κ1) is 21.7. The molecule has 27 heavy (non-hydrogen) atoms. The first-order valence-corrected chi connectivity index (χ1v) is 9.61. The number of rotatable bonds is 1. The van der Waals surface area contributed by atoms with Crippen LogP contribution >= 0.6 is 22.6 Å². The predicted molar refractivity (Wildman–Crippen MR) is 115 cm³/mol. The van der Waals surface area contributed by atoms with Crippen molar-refractivity contribution in [2.75, 3.05) is 0 Å². The fraction of sp³-hybridized carbons (Fsp3) is 0.174. The monoisotopic (exact) mass is 512 g/mol. The fourth-order valence-electron chi connectivity index (χ4n) is 2.64. The average Bonchev–Trinajstić information content (AvgIpc) is 3.34. The van der Waals surface area contributed by atoms with Crippen LogP contribution in [0.1, 0.15) is 32.1 Å². The van der Waals surface area contributed by atoms with Gasteiger partial charge >= 0.3 is 17.1 Å². The Hall–Kier alpha value is -1.62. The summed E-state index contributed by atoms with van der Waals surface area (Å²) in [6.45, 7) is 6.54. The Morgan fingerprint density at radius 3 is 2.19 bits per heavy atom. The number of hydrogen-bond donors (Lipinski definition) is 0. The van der Waals surface area contributed by atoms with E-state index >= 15 is 0 Å². The molecule has 2 aromatic carbocycles. The second-order valence-corrected chi connectivity index (χ2v) is 8.36. The smallest absolute Gasteiger partial charge is 0.870 e. The Morgan fingerprint density at radius 2 is 1.67 bits per heavy atom. The van der Waals surface area contributed by atoms with Gasteiger partial charge < -0.3 is 9.52 Å². The van der Waals surface area contributed by atoms with E-state index in [1.165, 1.54) is 5.56 Å². The molecule has 1 aliphatic carbocycles. The fourth-order valence-corrected chi connectivity index (χ4v) is 3.40. The van der Waals surface area contributed by atoms with Gasteiger partial charge in [0.25, 0.3) is 0 Å². The molecule has 0 fully saturated rings. The van der Waals surface area contributed by atoms with Crippen LogP contribution in [-0.4, -0.2) is 0 Å². The Morgan fingerprint density at radius 1 is 1.04 bits per heavy atom.